The van der Waals surface area contributed by atoms with E-state index in [4.69, 9.17) is 9.02 Å². The largest absolute Gasteiger partial charge is 0.488 e. The first-order valence-corrected chi connectivity index (χ1v) is 10.2. The maximum atomic E-state index is 12.7. The first-order chi connectivity index (χ1) is 12.9. The van der Waals surface area contributed by atoms with Gasteiger partial charge in [0.15, 0.2) is 0 Å². The van der Waals surface area contributed by atoms with Crippen LogP contribution in [0.5, 0.6) is 5.75 Å². The lowest BCUT2D eigenvalue weighted by Crippen LogP contribution is -2.33. The summed E-state index contributed by atoms with van der Waals surface area (Å²) in [7, 11) is -2.29. The van der Waals surface area contributed by atoms with E-state index in [-0.39, 0.29) is 17.0 Å². The summed E-state index contributed by atoms with van der Waals surface area (Å²) in [5.74, 6) is 0.759. The number of nitrogens with zero attached hydrogens (tertiary/aromatic N) is 1. The molecular weight excluding hydrogens is 362 g/mol. The fourth-order valence-electron chi connectivity index (χ4n) is 3.61. The van der Waals surface area contributed by atoms with Gasteiger partial charge in [-0.25, -0.2) is 0 Å². The SMILES string of the molecule is Cc1ccc(S(=O)(=O)ON(C)C2c3c(ccc4ccccc34)OC2C)cc1. The van der Waals surface area contributed by atoms with Gasteiger partial charge in [0, 0.05) is 12.6 Å². The molecule has 27 heavy (non-hydrogen) atoms. The highest BCUT2D eigenvalue weighted by molar-refractivity contribution is 7.86. The number of ether oxygens (including phenoxy) is 1. The van der Waals surface area contributed by atoms with Crippen LogP contribution in [0.3, 0.4) is 0 Å². The summed E-state index contributed by atoms with van der Waals surface area (Å²) >= 11 is 0. The van der Waals surface area contributed by atoms with Crippen LogP contribution in [0.2, 0.25) is 0 Å². The number of aryl methyl sites for hydroxylation is 1. The summed E-state index contributed by atoms with van der Waals surface area (Å²) in [6, 6.07) is 18.2. The highest BCUT2D eigenvalue weighted by Gasteiger charge is 2.38. The molecule has 6 heteroatoms. The van der Waals surface area contributed by atoms with Gasteiger partial charge in [0.2, 0.25) is 0 Å². The molecule has 0 fully saturated rings. The van der Waals surface area contributed by atoms with Crippen molar-refractivity contribution >= 4 is 20.9 Å². The average Bonchev–Trinajstić information content (AvgIpc) is 2.98. The van der Waals surface area contributed by atoms with Crippen molar-refractivity contribution in [3.8, 4) is 5.75 Å². The van der Waals surface area contributed by atoms with E-state index in [0.717, 1.165) is 27.6 Å². The molecular formula is C21H21NO4S. The van der Waals surface area contributed by atoms with Crippen molar-refractivity contribution < 1.29 is 17.4 Å². The number of hydrogen-bond acceptors (Lipinski definition) is 5. The maximum Gasteiger partial charge on any atom is 0.313 e. The van der Waals surface area contributed by atoms with Crippen LogP contribution in [0, 0.1) is 6.92 Å². The van der Waals surface area contributed by atoms with Crippen LogP contribution in [0.1, 0.15) is 24.1 Å². The molecule has 5 nitrogen and oxygen atoms in total. The van der Waals surface area contributed by atoms with Crippen LogP contribution in [0.25, 0.3) is 10.8 Å². The number of fused-ring (bicyclic) bond motifs is 3. The van der Waals surface area contributed by atoms with Crippen molar-refractivity contribution in [2.75, 3.05) is 7.05 Å². The minimum Gasteiger partial charge on any atom is -0.488 e. The van der Waals surface area contributed by atoms with Crippen LogP contribution >= 0.6 is 0 Å². The Balaban J connectivity index is 1.70. The molecule has 0 amide bonds. The van der Waals surface area contributed by atoms with Gasteiger partial charge in [-0.3, -0.25) is 0 Å². The molecule has 0 N–H and O–H groups in total. The normalized spacial score (nSPS) is 19.3. The second-order valence-corrected chi connectivity index (χ2v) is 8.38. The van der Waals surface area contributed by atoms with Crippen LogP contribution in [0.15, 0.2) is 65.6 Å². The summed E-state index contributed by atoms with van der Waals surface area (Å²) in [5.41, 5.74) is 1.93. The quantitative estimate of drug-likeness (QED) is 0.631. The topological polar surface area (TPSA) is 55.8 Å². The fraction of sp³-hybridized carbons (Fsp3) is 0.238. The van der Waals surface area contributed by atoms with Crippen LogP contribution in [0.4, 0.5) is 0 Å². The number of likely N-dealkylation sites (N-methyl/N-ethyl adjacent to an activating group) is 1. The zero-order chi connectivity index (χ0) is 19.2. The van der Waals surface area contributed by atoms with Gasteiger partial charge in [-0.15, -0.1) is 0 Å². The molecule has 0 spiro atoms. The lowest BCUT2D eigenvalue weighted by atomic mass is 9.97. The van der Waals surface area contributed by atoms with Gasteiger partial charge in [-0.1, -0.05) is 48.0 Å². The Labute approximate surface area is 159 Å². The van der Waals surface area contributed by atoms with Crippen molar-refractivity contribution in [3.63, 3.8) is 0 Å². The zero-order valence-corrected chi connectivity index (χ0v) is 16.2. The Morgan fingerprint density at radius 2 is 1.70 bits per heavy atom. The molecule has 2 unspecified atom stereocenters. The molecule has 3 aromatic rings. The van der Waals surface area contributed by atoms with E-state index in [0.29, 0.717) is 0 Å². The standard InChI is InChI=1S/C21H21NO4S/c1-14-8-11-17(12-9-14)27(23,24)26-22(3)21-15(2)25-19-13-10-16-6-4-5-7-18(16)20(19)21/h4-13,15,21H,1-3H3. The Morgan fingerprint density at radius 1 is 1.00 bits per heavy atom. The van der Waals surface area contributed by atoms with Gasteiger partial charge >= 0.3 is 10.1 Å². The number of hydrogen-bond donors (Lipinski definition) is 0. The predicted octanol–water partition coefficient (Wildman–Crippen LogP) is 4.22. The van der Waals surface area contributed by atoms with Crippen molar-refractivity contribution in [1.82, 2.24) is 5.06 Å². The molecule has 0 aromatic heterocycles. The molecule has 3 aromatic carbocycles. The van der Waals surface area contributed by atoms with Gasteiger partial charge in [0.05, 0.1) is 4.90 Å². The summed E-state index contributed by atoms with van der Waals surface area (Å²) in [6.45, 7) is 3.82. The third-order valence-corrected chi connectivity index (χ3v) is 6.18. The molecule has 0 saturated carbocycles. The summed E-state index contributed by atoms with van der Waals surface area (Å²) in [5, 5.41) is 3.50. The lowest BCUT2D eigenvalue weighted by molar-refractivity contribution is -0.0849. The second kappa shape index (κ2) is 6.64. The summed E-state index contributed by atoms with van der Waals surface area (Å²) < 4.78 is 36.8. The van der Waals surface area contributed by atoms with E-state index in [9.17, 15) is 8.42 Å². The van der Waals surface area contributed by atoms with E-state index >= 15 is 0 Å². The van der Waals surface area contributed by atoms with E-state index < -0.39 is 10.1 Å². The number of rotatable bonds is 4. The average molecular weight is 383 g/mol. The molecule has 1 heterocycles. The predicted molar refractivity (Wildman–Crippen MR) is 104 cm³/mol. The van der Waals surface area contributed by atoms with E-state index in [1.165, 1.54) is 5.06 Å². The molecule has 4 rings (SSSR count). The highest BCUT2D eigenvalue weighted by Crippen LogP contribution is 2.44. The fourth-order valence-corrected chi connectivity index (χ4v) is 4.57. The molecule has 0 saturated heterocycles. The number of benzene rings is 3. The Bertz CT molecular complexity index is 1090. The van der Waals surface area contributed by atoms with Crippen molar-refractivity contribution in [2.24, 2.45) is 0 Å². The van der Waals surface area contributed by atoms with Gasteiger partial charge in [0.25, 0.3) is 0 Å². The Morgan fingerprint density at radius 3 is 2.44 bits per heavy atom. The highest BCUT2D eigenvalue weighted by atomic mass is 32.2. The monoisotopic (exact) mass is 383 g/mol. The Hall–Kier alpha value is -2.41. The summed E-state index contributed by atoms with van der Waals surface area (Å²) in [4.78, 5) is 0.129. The molecule has 0 aliphatic carbocycles. The van der Waals surface area contributed by atoms with E-state index in [1.807, 2.05) is 50.2 Å². The number of hydroxylamine groups is 2. The van der Waals surface area contributed by atoms with E-state index in [2.05, 4.69) is 0 Å². The first-order valence-electron chi connectivity index (χ1n) is 8.79. The third kappa shape index (κ3) is 3.20. The molecule has 1 aliphatic rings. The van der Waals surface area contributed by atoms with Crippen LogP contribution < -0.4 is 4.74 Å². The van der Waals surface area contributed by atoms with Gasteiger partial charge in [-0.2, -0.15) is 17.8 Å². The molecule has 140 valence electrons. The molecule has 0 bridgehead atoms. The third-order valence-electron chi connectivity index (χ3n) is 4.90. The molecule has 1 aliphatic heterocycles. The smallest absolute Gasteiger partial charge is 0.313 e. The second-order valence-electron chi connectivity index (χ2n) is 6.85. The molecule has 0 radical (unpaired) electrons. The zero-order valence-electron chi connectivity index (χ0n) is 15.4. The van der Waals surface area contributed by atoms with Gasteiger partial charge in [-0.05, 0) is 42.8 Å². The maximum absolute atomic E-state index is 12.7. The minimum atomic E-state index is -3.92. The van der Waals surface area contributed by atoms with Gasteiger partial charge < -0.3 is 4.74 Å². The van der Waals surface area contributed by atoms with E-state index in [1.54, 1.807) is 31.3 Å². The van der Waals surface area contributed by atoms with Crippen molar-refractivity contribution in [2.45, 2.75) is 30.9 Å². The Kier molecular flexibility index (Phi) is 4.42. The van der Waals surface area contributed by atoms with Gasteiger partial charge in [0.1, 0.15) is 17.9 Å². The van der Waals surface area contributed by atoms with Crippen LogP contribution in [-0.4, -0.2) is 26.6 Å². The van der Waals surface area contributed by atoms with Crippen molar-refractivity contribution in [3.05, 3.63) is 71.8 Å². The summed E-state index contributed by atoms with van der Waals surface area (Å²) in [6.07, 6.45) is -0.246. The van der Waals surface area contributed by atoms with Crippen molar-refractivity contribution in [1.29, 1.82) is 0 Å². The minimum absolute atomic E-state index is 0.129. The first kappa shape index (κ1) is 18.0. The molecule has 2 atom stereocenters. The van der Waals surface area contributed by atoms with Crippen LogP contribution in [-0.2, 0) is 14.4 Å². The lowest BCUT2D eigenvalue weighted by Gasteiger charge is -2.25.